The second-order valence-electron chi connectivity index (χ2n) is 15.4. The van der Waals surface area contributed by atoms with Crippen molar-refractivity contribution in [3.8, 4) is 50.2 Å². The number of aromatic nitrogens is 1. The third-order valence-electron chi connectivity index (χ3n) is 11.8. The highest BCUT2D eigenvalue weighted by Gasteiger charge is 2.16. The fourth-order valence-electron chi connectivity index (χ4n) is 8.74. The summed E-state index contributed by atoms with van der Waals surface area (Å²) in [5.41, 5.74) is 16.4. The van der Waals surface area contributed by atoms with Gasteiger partial charge in [-0.05, 0) is 128 Å². The Morgan fingerprint density at radius 3 is 1.22 bits per heavy atom. The van der Waals surface area contributed by atoms with Gasteiger partial charge < -0.3 is 9.47 Å². The number of para-hydroxylation sites is 2. The summed E-state index contributed by atoms with van der Waals surface area (Å²) in [5, 5.41) is 5.03. The van der Waals surface area contributed by atoms with E-state index in [4.69, 9.17) is 0 Å². The molecule has 11 aromatic rings. The Kier molecular flexibility index (Phi) is 8.87. The molecule has 60 heavy (non-hydrogen) atoms. The smallest absolute Gasteiger partial charge is 0.0541 e. The Balaban J connectivity index is 0.952. The molecule has 0 saturated carbocycles. The van der Waals surface area contributed by atoms with Gasteiger partial charge in [-0.3, -0.25) is 0 Å². The van der Waals surface area contributed by atoms with Crippen molar-refractivity contribution in [2.75, 3.05) is 4.90 Å². The van der Waals surface area contributed by atoms with Crippen LogP contribution in [0.15, 0.2) is 243 Å². The summed E-state index contributed by atoms with van der Waals surface area (Å²) >= 11 is 0. The zero-order chi connectivity index (χ0) is 39.8. The van der Waals surface area contributed by atoms with Gasteiger partial charge in [0.05, 0.1) is 11.0 Å². The van der Waals surface area contributed by atoms with E-state index in [0.29, 0.717) is 0 Å². The lowest BCUT2D eigenvalue weighted by atomic mass is 9.97. The molecule has 0 N–H and O–H groups in total. The topological polar surface area (TPSA) is 8.17 Å². The van der Waals surface area contributed by atoms with Gasteiger partial charge in [0, 0.05) is 33.5 Å². The lowest BCUT2D eigenvalue weighted by molar-refractivity contribution is 1.17. The Bertz CT molecular complexity index is 3220. The molecular weight excluding hydrogens is 725 g/mol. The van der Waals surface area contributed by atoms with E-state index in [1.807, 2.05) is 0 Å². The molecule has 1 heterocycles. The van der Waals surface area contributed by atoms with Crippen molar-refractivity contribution >= 4 is 49.6 Å². The second kappa shape index (κ2) is 15.1. The van der Waals surface area contributed by atoms with Gasteiger partial charge in [-0.2, -0.15) is 0 Å². The van der Waals surface area contributed by atoms with Crippen molar-refractivity contribution in [1.82, 2.24) is 4.57 Å². The zero-order valence-electron chi connectivity index (χ0n) is 33.0. The van der Waals surface area contributed by atoms with Crippen LogP contribution < -0.4 is 4.90 Å². The maximum atomic E-state index is 2.37. The molecule has 282 valence electrons. The SMILES string of the molecule is c1ccc(-c2ccc(-c3ccc(N(c4ccc(-c5cccc(-c6ccc7ccccc7c6)c5)cc4)c4ccc(-n5c6ccccc6c6ccccc65)cc4)cc3)cc2)cc1. The highest BCUT2D eigenvalue weighted by atomic mass is 15.1. The molecule has 0 radical (unpaired) electrons. The lowest BCUT2D eigenvalue weighted by Crippen LogP contribution is -2.10. The molecule has 0 aliphatic rings. The van der Waals surface area contributed by atoms with Crippen molar-refractivity contribution in [3.05, 3.63) is 243 Å². The Morgan fingerprint density at radius 2 is 0.633 bits per heavy atom. The largest absolute Gasteiger partial charge is 0.311 e. The number of fused-ring (bicyclic) bond motifs is 4. The predicted octanol–water partition coefficient (Wildman–Crippen LogP) is 16.1. The fourth-order valence-corrected chi connectivity index (χ4v) is 8.74. The third kappa shape index (κ3) is 6.51. The van der Waals surface area contributed by atoms with E-state index in [0.717, 1.165) is 22.7 Å². The summed E-state index contributed by atoms with van der Waals surface area (Å²) in [5.74, 6) is 0. The van der Waals surface area contributed by atoms with Crippen LogP contribution in [-0.2, 0) is 0 Å². The number of hydrogen-bond donors (Lipinski definition) is 0. The first-order chi connectivity index (χ1) is 29.7. The first-order valence-electron chi connectivity index (χ1n) is 20.6. The normalized spacial score (nSPS) is 11.3. The van der Waals surface area contributed by atoms with Crippen LogP contribution in [0.1, 0.15) is 0 Å². The van der Waals surface area contributed by atoms with Crippen LogP contribution in [0.25, 0.3) is 82.8 Å². The molecule has 0 unspecified atom stereocenters. The molecule has 0 bridgehead atoms. The molecule has 0 fully saturated rings. The van der Waals surface area contributed by atoms with Crippen molar-refractivity contribution in [1.29, 1.82) is 0 Å². The number of benzene rings is 10. The van der Waals surface area contributed by atoms with E-state index in [1.165, 1.54) is 77.1 Å². The summed E-state index contributed by atoms with van der Waals surface area (Å²) < 4.78 is 2.37. The predicted molar refractivity (Wildman–Crippen MR) is 255 cm³/mol. The van der Waals surface area contributed by atoms with Crippen molar-refractivity contribution < 1.29 is 0 Å². The molecule has 0 saturated heterocycles. The molecule has 0 aliphatic heterocycles. The highest BCUT2D eigenvalue weighted by molar-refractivity contribution is 6.09. The fraction of sp³-hybridized carbons (Fsp3) is 0. The van der Waals surface area contributed by atoms with Gasteiger partial charge >= 0.3 is 0 Å². The number of anilines is 3. The molecule has 1 aromatic heterocycles. The van der Waals surface area contributed by atoms with Crippen molar-refractivity contribution in [2.24, 2.45) is 0 Å². The maximum Gasteiger partial charge on any atom is 0.0541 e. The van der Waals surface area contributed by atoms with Gasteiger partial charge in [0.25, 0.3) is 0 Å². The van der Waals surface area contributed by atoms with Gasteiger partial charge in [0.15, 0.2) is 0 Å². The van der Waals surface area contributed by atoms with Gasteiger partial charge in [-0.15, -0.1) is 0 Å². The van der Waals surface area contributed by atoms with Crippen LogP contribution in [0.4, 0.5) is 17.1 Å². The van der Waals surface area contributed by atoms with E-state index in [1.54, 1.807) is 0 Å². The monoisotopic (exact) mass is 764 g/mol. The molecule has 0 aliphatic carbocycles. The first-order valence-corrected chi connectivity index (χ1v) is 20.6. The van der Waals surface area contributed by atoms with Gasteiger partial charge in [-0.1, -0.05) is 170 Å². The van der Waals surface area contributed by atoms with E-state index < -0.39 is 0 Å². The number of hydrogen-bond acceptors (Lipinski definition) is 1. The van der Waals surface area contributed by atoms with Gasteiger partial charge in [-0.25, -0.2) is 0 Å². The van der Waals surface area contributed by atoms with E-state index >= 15 is 0 Å². The average Bonchev–Trinajstić information content (AvgIpc) is 3.67. The maximum absolute atomic E-state index is 2.37. The molecular formula is C58H40N2. The Morgan fingerprint density at radius 1 is 0.250 bits per heavy atom. The minimum Gasteiger partial charge on any atom is -0.311 e. The second-order valence-corrected chi connectivity index (χ2v) is 15.4. The molecule has 11 rings (SSSR count). The molecule has 0 amide bonds. The van der Waals surface area contributed by atoms with Crippen LogP contribution in [0, 0.1) is 0 Å². The summed E-state index contributed by atoms with van der Waals surface area (Å²) in [7, 11) is 0. The standard InChI is InChI=1S/C58H40N2/c1-2-11-41(12-3-1)43-21-23-44(24-22-43)45-27-31-51(32-28-45)59(53-35-37-54(38-36-53)60-57-19-8-6-17-55(57)56-18-7-9-20-58(56)60)52-33-29-46(30-34-52)48-15-10-16-49(39-48)50-26-25-42-13-4-5-14-47(42)40-50/h1-40H. The van der Waals surface area contributed by atoms with Crippen LogP contribution in [0.3, 0.4) is 0 Å². The van der Waals surface area contributed by atoms with Crippen molar-refractivity contribution in [2.45, 2.75) is 0 Å². The first kappa shape index (κ1) is 35.2. The van der Waals surface area contributed by atoms with Gasteiger partial charge in [0.2, 0.25) is 0 Å². The van der Waals surface area contributed by atoms with E-state index in [2.05, 4.69) is 252 Å². The van der Waals surface area contributed by atoms with E-state index in [-0.39, 0.29) is 0 Å². The molecule has 2 heteroatoms. The van der Waals surface area contributed by atoms with Crippen LogP contribution >= 0.6 is 0 Å². The zero-order valence-corrected chi connectivity index (χ0v) is 33.0. The minimum absolute atomic E-state index is 1.09. The van der Waals surface area contributed by atoms with Crippen LogP contribution in [0.2, 0.25) is 0 Å². The quantitative estimate of drug-likeness (QED) is 0.150. The van der Waals surface area contributed by atoms with Crippen LogP contribution in [0.5, 0.6) is 0 Å². The average molecular weight is 765 g/mol. The molecule has 10 aromatic carbocycles. The van der Waals surface area contributed by atoms with Crippen molar-refractivity contribution in [3.63, 3.8) is 0 Å². The number of nitrogens with zero attached hydrogens (tertiary/aromatic N) is 2. The molecule has 0 spiro atoms. The number of rotatable bonds is 8. The van der Waals surface area contributed by atoms with E-state index in [9.17, 15) is 0 Å². The summed E-state index contributed by atoms with van der Waals surface area (Å²) in [6.45, 7) is 0. The summed E-state index contributed by atoms with van der Waals surface area (Å²) in [4.78, 5) is 2.35. The molecule has 0 atom stereocenters. The summed E-state index contributed by atoms with van der Waals surface area (Å²) in [6, 6.07) is 87.8. The lowest BCUT2D eigenvalue weighted by Gasteiger charge is -2.26. The van der Waals surface area contributed by atoms with Crippen LogP contribution in [-0.4, -0.2) is 4.57 Å². The Hall–Kier alpha value is -7.94. The highest BCUT2D eigenvalue weighted by Crippen LogP contribution is 2.39. The Labute approximate surface area is 350 Å². The minimum atomic E-state index is 1.09. The third-order valence-corrected chi connectivity index (χ3v) is 11.8. The molecule has 2 nitrogen and oxygen atoms in total. The summed E-state index contributed by atoms with van der Waals surface area (Å²) in [6.07, 6.45) is 0. The van der Waals surface area contributed by atoms with Gasteiger partial charge in [0.1, 0.15) is 0 Å².